The molecule has 6 aromatic carbocycles. The Morgan fingerprint density at radius 1 is 0.441 bits per heavy atom. The van der Waals surface area contributed by atoms with Crippen molar-refractivity contribution >= 4 is 74.9 Å². The summed E-state index contributed by atoms with van der Waals surface area (Å²) in [7, 11) is 0. The van der Waals surface area contributed by atoms with Crippen LogP contribution in [-0.4, -0.2) is 4.98 Å². The van der Waals surface area contributed by atoms with Gasteiger partial charge >= 0.3 is 0 Å². The first-order chi connectivity index (χ1) is 16.9. The zero-order chi connectivity index (χ0) is 22.2. The second kappa shape index (κ2) is 6.69. The van der Waals surface area contributed by atoms with E-state index >= 15 is 0 Å². The lowest BCUT2D eigenvalue weighted by Crippen LogP contribution is -1.82. The maximum atomic E-state index is 3.72. The van der Waals surface area contributed by atoms with Gasteiger partial charge in [0.1, 0.15) is 0 Å². The van der Waals surface area contributed by atoms with Gasteiger partial charge in [0.05, 0.1) is 0 Å². The third kappa shape index (κ3) is 2.33. The first-order valence-electron chi connectivity index (χ1n) is 11.6. The number of aromatic amines is 1. The number of aromatic nitrogens is 1. The van der Waals surface area contributed by atoms with Crippen LogP contribution in [0.4, 0.5) is 0 Å². The van der Waals surface area contributed by atoms with E-state index in [9.17, 15) is 0 Å². The zero-order valence-electron chi connectivity index (χ0n) is 18.3. The summed E-state index contributed by atoms with van der Waals surface area (Å²) in [4.78, 5) is 3.72. The van der Waals surface area contributed by atoms with Crippen molar-refractivity contribution in [3.8, 4) is 11.1 Å². The number of thiophene rings is 1. The van der Waals surface area contributed by atoms with Crippen LogP contribution in [0.15, 0.2) is 109 Å². The van der Waals surface area contributed by atoms with E-state index in [-0.39, 0.29) is 0 Å². The monoisotopic (exact) mass is 449 g/mol. The van der Waals surface area contributed by atoms with Crippen LogP contribution in [-0.2, 0) is 0 Å². The highest BCUT2D eigenvalue weighted by Crippen LogP contribution is 2.50. The van der Waals surface area contributed by atoms with Crippen LogP contribution in [0.25, 0.3) is 74.6 Å². The molecule has 0 bridgehead atoms. The molecule has 0 radical (unpaired) electrons. The van der Waals surface area contributed by atoms with Crippen LogP contribution in [0.3, 0.4) is 0 Å². The summed E-state index contributed by atoms with van der Waals surface area (Å²) in [5.41, 5.74) is 4.94. The SMILES string of the molecule is c1ccc(-c2cc3[nH]c4ccccc4c3c3c2sc2c4ccccc4c4ccccc4c23)cc1. The fourth-order valence-electron chi connectivity index (χ4n) is 5.74. The predicted octanol–water partition coefficient (Wildman–Crippen LogP) is 9.66. The molecule has 0 unspecified atom stereocenters. The number of rotatable bonds is 1. The lowest BCUT2D eigenvalue weighted by molar-refractivity contribution is 1.55. The average molecular weight is 450 g/mol. The van der Waals surface area contributed by atoms with Gasteiger partial charge in [-0.3, -0.25) is 0 Å². The molecule has 0 fully saturated rings. The van der Waals surface area contributed by atoms with Crippen LogP contribution in [0.2, 0.25) is 0 Å². The largest absolute Gasteiger partial charge is 0.354 e. The fraction of sp³-hybridized carbons (Fsp3) is 0. The minimum Gasteiger partial charge on any atom is -0.354 e. The van der Waals surface area contributed by atoms with Gasteiger partial charge in [0.2, 0.25) is 0 Å². The van der Waals surface area contributed by atoms with E-state index in [4.69, 9.17) is 0 Å². The van der Waals surface area contributed by atoms with Crippen molar-refractivity contribution in [3.63, 3.8) is 0 Å². The minimum absolute atomic E-state index is 1.19. The summed E-state index contributed by atoms with van der Waals surface area (Å²) in [6.07, 6.45) is 0. The van der Waals surface area contributed by atoms with Gasteiger partial charge in [-0.2, -0.15) is 0 Å². The topological polar surface area (TPSA) is 15.8 Å². The normalized spacial score (nSPS) is 12.1. The van der Waals surface area contributed by atoms with Gasteiger partial charge in [0.25, 0.3) is 0 Å². The quantitative estimate of drug-likeness (QED) is 0.240. The highest BCUT2D eigenvalue weighted by Gasteiger charge is 2.21. The number of fused-ring (bicyclic) bond motifs is 12. The molecule has 2 heterocycles. The van der Waals surface area contributed by atoms with Crippen molar-refractivity contribution in [1.82, 2.24) is 4.98 Å². The van der Waals surface area contributed by atoms with Crippen LogP contribution < -0.4 is 0 Å². The summed E-state index contributed by atoms with van der Waals surface area (Å²) in [6, 6.07) is 39.6. The molecule has 2 aromatic heterocycles. The van der Waals surface area contributed by atoms with Gasteiger partial charge in [0, 0.05) is 52.9 Å². The number of hydrogen-bond acceptors (Lipinski definition) is 1. The lowest BCUT2D eigenvalue weighted by atomic mass is 9.94. The van der Waals surface area contributed by atoms with Crippen molar-refractivity contribution in [2.75, 3.05) is 0 Å². The van der Waals surface area contributed by atoms with Crippen molar-refractivity contribution in [1.29, 1.82) is 0 Å². The molecule has 158 valence electrons. The second-order valence-electron chi connectivity index (χ2n) is 8.98. The number of H-pyrrole nitrogens is 1. The Kier molecular flexibility index (Phi) is 3.60. The maximum absolute atomic E-state index is 3.72. The molecule has 0 amide bonds. The van der Waals surface area contributed by atoms with Crippen LogP contribution in [0.1, 0.15) is 0 Å². The van der Waals surface area contributed by atoms with E-state index in [0.29, 0.717) is 0 Å². The third-order valence-corrected chi connectivity index (χ3v) is 8.43. The van der Waals surface area contributed by atoms with Crippen LogP contribution >= 0.6 is 11.3 Å². The smallest absolute Gasteiger partial charge is 0.0478 e. The van der Waals surface area contributed by atoms with E-state index in [2.05, 4.69) is 114 Å². The van der Waals surface area contributed by atoms with Crippen LogP contribution in [0.5, 0.6) is 0 Å². The van der Waals surface area contributed by atoms with Gasteiger partial charge in [0.15, 0.2) is 0 Å². The Labute approximate surface area is 199 Å². The minimum atomic E-state index is 1.19. The van der Waals surface area contributed by atoms with E-state index in [1.807, 2.05) is 11.3 Å². The highest BCUT2D eigenvalue weighted by molar-refractivity contribution is 7.27. The number of hydrogen-bond donors (Lipinski definition) is 1. The molecule has 2 heteroatoms. The average Bonchev–Trinajstić information content (AvgIpc) is 3.48. The Hall–Kier alpha value is -4.14. The molecule has 0 aliphatic carbocycles. The van der Waals surface area contributed by atoms with Crippen LogP contribution in [0, 0.1) is 0 Å². The Morgan fingerprint density at radius 2 is 1.06 bits per heavy atom. The third-order valence-electron chi connectivity index (χ3n) is 7.17. The van der Waals surface area contributed by atoms with Crippen molar-refractivity contribution in [2.24, 2.45) is 0 Å². The van der Waals surface area contributed by atoms with Gasteiger partial charge in [-0.05, 0) is 33.9 Å². The van der Waals surface area contributed by atoms with E-state index in [1.54, 1.807) is 0 Å². The molecule has 1 N–H and O–H groups in total. The van der Waals surface area contributed by atoms with Gasteiger partial charge in [-0.25, -0.2) is 0 Å². The first kappa shape index (κ1) is 18.3. The summed E-state index contributed by atoms with van der Waals surface area (Å²) in [6.45, 7) is 0. The van der Waals surface area contributed by atoms with Crippen molar-refractivity contribution in [3.05, 3.63) is 109 Å². The molecule has 0 atom stereocenters. The van der Waals surface area contributed by atoms with E-state index in [0.717, 1.165) is 0 Å². The molecular weight excluding hydrogens is 430 g/mol. The summed E-state index contributed by atoms with van der Waals surface area (Å²) in [5.74, 6) is 0. The van der Waals surface area contributed by atoms with E-state index < -0.39 is 0 Å². The molecule has 0 saturated heterocycles. The molecule has 0 aliphatic rings. The number of benzene rings is 6. The van der Waals surface area contributed by atoms with Crippen molar-refractivity contribution in [2.45, 2.75) is 0 Å². The van der Waals surface area contributed by atoms with Gasteiger partial charge < -0.3 is 4.98 Å². The Bertz CT molecular complexity index is 2060. The first-order valence-corrected chi connectivity index (χ1v) is 12.4. The highest BCUT2D eigenvalue weighted by atomic mass is 32.1. The van der Waals surface area contributed by atoms with Gasteiger partial charge in [-0.15, -0.1) is 11.3 Å². The second-order valence-corrected chi connectivity index (χ2v) is 10.0. The molecule has 0 spiro atoms. The maximum Gasteiger partial charge on any atom is 0.0478 e. The number of para-hydroxylation sites is 1. The molecule has 8 rings (SSSR count). The van der Waals surface area contributed by atoms with Gasteiger partial charge in [-0.1, -0.05) is 97.1 Å². The van der Waals surface area contributed by atoms with Crippen molar-refractivity contribution < 1.29 is 0 Å². The summed E-state index contributed by atoms with van der Waals surface area (Å²) < 4.78 is 2.74. The standard InChI is InChI=1S/C32H19NS/c1-2-10-19(11-3-1)25-18-27-28(24-16-8-9-17-26(24)33-27)30-29-22-14-6-4-12-20(22)21-13-5-7-15-23(21)31(29)34-32(25)30/h1-18,33H. The molecule has 8 aromatic rings. The Morgan fingerprint density at radius 3 is 1.85 bits per heavy atom. The number of nitrogens with one attached hydrogen (secondary N) is 1. The van der Waals surface area contributed by atoms with E-state index in [1.165, 1.54) is 74.6 Å². The predicted molar refractivity (Wildman–Crippen MR) is 149 cm³/mol. The molecular formula is C32H19NS. The Balaban J connectivity index is 1.75. The summed E-state index contributed by atoms with van der Waals surface area (Å²) >= 11 is 1.94. The zero-order valence-corrected chi connectivity index (χ0v) is 19.1. The molecule has 1 nitrogen and oxygen atoms in total. The molecule has 34 heavy (non-hydrogen) atoms. The molecule has 0 aliphatic heterocycles. The lowest BCUT2D eigenvalue weighted by Gasteiger charge is -2.08. The summed E-state index contributed by atoms with van der Waals surface area (Å²) in [5, 5.41) is 10.7. The fourth-order valence-corrected chi connectivity index (χ4v) is 7.14. The molecule has 0 saturated carbocycles.